The molecule has 0 spiro atoms. The molecule has 1 aromatic rings. The third-order valence-electron chi connectivity index (χ3n) is 4.21. The lowest BCUT2D eigenvalue weighted by Gasteiger charge is -2.21. The lowest BCUT2D eigenvalue weighted by atomic mass is 9.94. The van der Waals surface area contributed by atoms with E-state index >= 15 is 0 Å². The smallest absolute Gasteiger partial charge is 0.161 e. The first-order valence-electron chi connectivity index (χ1n) is 8.14. The maximum atomic E-state index is 5.78. The van der Waals surface area contributed by atoms with Crippen LogP contribution in [0.5, 0.6) is 11.5 Å². The van der Waals surface area contributed by atoms with Crippen molar-refractivity contribution < 1.29 is 9.47 Å². The molecule has 0 saturated heterocycles. The van der Waals surface area contributed by atoms with Crippen LogP contribution >= 0.6 is 0 Å². The summed E-state index contributed by atoms with van der Waals surface area (Å²) >= 11 is 0. The molecular weight excluding hydrogens is 264 g/mol. The summed E-state index contributed by atoms with van der Waals surface area (Å²) in [7, 11) is 0. The van der Waals surface area contributed by atoms with Crippen molar-refractivity contribution in [2.75, 3.05) is 13.2 Å². The zero-order valence-corrected chi connectivity index (χ0v) is 13.2. The first-order chi connectivity index (χ1) is 10.3. The van der Waals surface area contributed by atoms with Gasteiger partial charge in [0.1, 0.15) is 0 Å². The highest BCUT2D eigenvalue weighted by Crippen LogP contribution is 2.36. The minimum absolute atomic E-state index is 0.183. The van der Waals surface area contributed by atoms with E-state index in [1.54, 1.807) is 0 Å². The van der Waals surface area contributed by atoms with Gasteiger partial charge in [-0.05, 0) is 43.9 Å². The highest BCUT2D eigenvalue weighted by molar-refractivity contribution is 5.44. The Balaban J connectivity index is 2.13. The Kier molecular flexibility index (Phi) is 6.33. The SMILES string of the molecule is CCOc1ccc(C(CC2CCCC2)NN)cc1OCC. The van der Waals surface area contributed by atoms with Crippen molar-refractivity contribution in [1.82, 2.24) is 5.43 Å². The van der Waals surface area contributed by atoms with Gasteiger partial charge < -0.3 is 9.47 Å². The average molecular weight is 292 g/mol. The van der Waals surface area contributed by atoms with E-state index in [1.807, 2.05) is 19.9 Å². The zero-order valence-electron chi connectivity index (χ0n) is 13.2. The molecule has 0 amide bonds. The van der Waals surface area contributed by atoms with Crippen LogP contribution in [0.15, 0.2) is 18.2 Å². The number of hydrazine groups is 1. The van der Waals surface area contributed by atoms with Gasteiger partial charge in [-0.2, -0.15) is 0 Å². The molecule has 0 heterocycles. The fourth-order valence-corrected chi connectivity index (χ4v) is 3.16. The summed E-state index contributed by atoms with van der Waals surface area (Å²) in [5.41, 5.74) is 4.15. The molecule has 118 valence electrons. The Bertz CT molecular complexity index is 431. The molecule has 1 aliphatic carbocycles. The maximum Gasteiger partial charge on any atom is 0.161 e. The fraction of sp³-hybridized carbons (Fsp3) is 0.647. The van der Waals surface area contributed by atoms with Crippen molar-refractivity contribution in [2.45, 2.75) is 52.0 Å². The van der Waals surface area contributed by atoms with Crippen molar-refractivity contribution in [3.8, 4) is 11.5 Å². The molecule has 0 bridgehead atoms. The summed E-state index contributed by atoms with van der Waals surface area (Å²) in [4.78, 5) is 0. The molecule has 4 heteroatoms. The standard InChI is InChI=1S/C17H28N2O2/c1-3-20-16-10-9-14(12-17(16)21-4-2)15(19-18)11-13-7-5-6-8-13/h9-10,12-13,15,19H,3-8,11,18H2,1-2H3. The number of nitrogens with two attached hydrogens (primary N) is 1. The van der Waals surface area contributed by atoms with Crippen LogP contribution in [0.25, 0.3) is 0 Å². The van der Waals surface area contributed by atoms with Gasteiger partial charge in [-0.1, -0.05) is 31.7 Å². The quantitative estimate of drug-likeness (QED) is 0.568. The molecule has 3 N–H and O–H groups in total. The summed E-state index contributed by atoms with van der Waals surface area (Å²) in [6.07, 6.45) is 6.46. The molecule has 1 aromatic carbocycles. The van der Waals surface area contributed by atoms with Crippen LogP contribution in [0.3, 0.4) is 0 Å². The van der Waals surface area contributed by atoms with E-state index in [4.69, 9.17) is 15.3 Å². The monoisotopic (exact) mass is 292 g/mol. The van der Waals surface area contributed by atoms with Crippen molar-refractivity contribution in [1.29, 1.82) is 0 Å². The summed E-state index contributed by atoms with van der Waals surface area (Å²) < 4.78 is 11.3. The van der Waals surface area contributed by atoms with Gasteiger partial charge >= 0.3 is 0 Å². The van der Waals surface area contributed by atoms with Crippen LogP contribution in [0.1, 0.15) is 57.6 Å². The highest BCUT2D eigenvalue weighted by atomic mass is 16.5. The normalized spacial score (nSPS) is 16.9. The van der Waals surface area contributed by atoms with Crippen LogP contribution in [0.2, 0.25) is 0 Å². The molecule has 4 nitrogen and oxygen atoms in total. The Morgan fingerprint density at radius 1 is 1.14 bits per heavy atom. The first kappa shape index (κ1) is 16.1. The Morgan fingerprint density at radius 2 is 1.81 bits per heavy atom. The van der Waals surface area contributed by atoms with Crippen molar-refractivity contribution in [2.24, 2.45) is 11.8 Å². The molecule has 0 aliphatic heterocycles. The molecule has 2 rings (SSSR count). The molecule has 1 saturated carbocycles. The Hall–Kier alpha value is -1.26. The van der Waals surface area contributed by atoms with Gasteiger partial charge in [0.15, 0.2) is 11.5 Å². The van der Waals surface area contributed by atoms with Gasteiger partial charge in [-0.25, -0.2) is 0 Å². The largest absolute Gasteiger partial charge is 0.490 e. The van der Waals surface area contributed by atoms with Crippen LogP contribution in [-0.4, -0.2) is 13.2 Å². The van der Waals surface area contributed by atoms with Crippen LogP contribution in [-0.2, 0) is 0 Å². The fourth-order valence-electron chi connectivity index (χ4n) is 3.16. The second-order valence-corrected chi connectivity index (χ2v) is 5.68. The van der Waals surface area contributed by atoms with E-state index in [0.717, 1.165) is 23.8 Å². The van der Waals surface area contributed by atoms with Gasteiger partial charge in [-0.3, -0.25) is 11.3 Å². The Morgan fingerprint density at radius 3 is 2.43 bits per heavy atom. The molecule has 0 radical (unpaired) electrons. The van der Waals surface area contributed by atoms with Gasteiger partial charge in [-0.15, -0.1) is 0 Å². The van der Waals surface area contributed by atoms with E-state index in [-0.39, 0.29) is 6.04 Å². The zero-order chi connectivity index (χ0) is 15.1. The maximum absolute atomic E-state index is 5.78. The van der Waals surface area contributed by atoms with Crippen LogP contribution in [0.4, 0.5) is 0 Å². The third kappa shape index (κ3) is 4.35. The van der Waals surface area contributed by atoms with E-state index < -0.39 is 0 Å². The minimum atomic E-state index is 0.183. The number of hydrogen-bond donors (Lipinski definition) is 2. The number of hydrogen-bond acceptors (Lipinski definition) is 4. The predicted octanol–water partition coefficient (Wildman–Crippen LogP) is 3.57. The summed E-state index contributed by atoms with van der Waals surface area (Å²) in [6, 6.07) is 6.33. The topological polar surface area (TPSA) is 56.5 Å². The highest BCUT2D eigenvalue weighted by Gasteiger charge is 2.21. The number of nitrogens with one attached hydrogen (secondary N) is 1. The lowest BCUT2D eigenvalue weighted by Crippen LogP contribution is -2.29. The van der Waals surface area contributed by atoms with Crippen LogP contribution < -0.4 is 20.7 Å². The van der Waals surface area contributed by atoms with Gasteiger partial charge in [0, 0.05) is 6.04 Å². The molecule has 1 aliphatic rings. The molecule has 1 fully saturated rings. The molecule has 0 aromatic heterocycles. The number of benzene rings is 1. The van der Waals surface area contributed by atoms with E-state index in [1.165, 1.54) is 31.2 Å². The molecule has 21 heavy (non-hydrogen) atoms. The van der Waals surface area contributed by atoms with Crippen molar-refractivity contribution in [3.63, 3.8) is 0 Å². The molecule has 1 unspecified atom stereocenters. The van der Waals surface area contributed by atoms with Crippen molar-refractivity contribution in [3.05, 3.63) is 23.8 Å². The van der Waals surface area contributed by atoms with Gasteiger partial charge in [0.2, 0.25) is 0 Å². The van der Waals surface area contributed by atoms with E-state index in [9.17, 15) is 0 Å². The number of rotatable bonds is 8. The Labute approximate surface area is 128 Å². The second kappa shape index (κ2) is 8.25. The van der Waals surface area contributed by atoms with Gasteiger partial charge in [0.25, 0.3) is 0 Å². The average Bonchev–Trinajstić information content (AvgIpc) is 3.00. The second-order valence-electron chi connectivity index (χ2n) is 5.68. The predicted molar refractivity (Wildman–Crippen MR) is 85.4 cm³/mol. The first-order valence-corrected chi connectivity index (χ1v) is 8.14. The van der Waals surface area contributed by atoms with Crippen molar-refractivity contribution >= 4 is 0 Å². The van der Waals surface area contributed by atoms with E-state index in [2.05, 4.69) is 17.6 Å². The van der Waals surface area contributed by atoms with E-state index in [0.29, 0.717) is 13.2 Å². The van der Waals surface area contributed by atoms with Gasteiger partial charge in [0.05, 0.1) is 13.2 Å². The third-order valence-corrected chi connectivity index (χ3v) is 4.21. The summed E-state index contributed by atoms with van der Waals surface area (Å²) in [5.74, 6) is 8.18. The lowest BCUT2D eigenvalue weighted by molar-refractivity contribution is 0.286. The summed E-state index contributed by atoms with van der Waals surface area (Å²) in [6.45, 7) is 5.24. The molecular formula is C17H28N2O2. The molecule has 1 atom stereocenters. The minimum Gasteiger partial charge on any atom is -0.490 e. The summed E-state index contributed by atoms with van der Waals surface area (Å²) in [5, 5.41) is 0. The number of ether oxygens (including phenoxy) is 2. The van der Waals surface area contributed by atoms with Crippen LogP contribution in [0, 0.1) is 5.92 Å².